The summed E-state index contributed by atoms with van der Waals surface area (Å²) in [7, 11) is 4.74. The summed E-state index contributed by atoms with van der Waals surface area (Å²) in [4.78, 5) is 12.7. The van der Waals surface area contributed by atoms with Crippen molar-refractivity contribution in [2.24, 2.45) is 0 Å². The van der Waals surface area contributed by atoms with Gasteiger partial charge in [0, 0.05) is 12.8 Å². The Morgan fingerprint density at radius 3 is 2.11 bits per heavy atom. The quantitative estimate of drug-likeness (QED) is 0.690. The van der Waals surface area contributed by atoms with E-state index in [9.17, 15) is 4.79 Å². The van der Waals surface area contributed by atoms with Gasteiger partial charge in [-0.05, 0) is 48.5 Å². The molecule has 0 spiro atoms. The molecule has 8 heteroatoms. The molecule has 1 heterocycles. The van der Waals surface area contributed by atoms with Crippen LogP contribution in [0.1, 0.15) is 16.2 Å². The zero-order valence-electron chi connectivity index (χ0n) is 15.3. The SMILES string of the molecule is COCc1c(C(=O)Nc2ccc(OC)cc2)nnn1-c1ccc(OC)cc1. The number of rotatable bonds is 7. The molecule has 2 aromatic carbocycles. The summed E-state index contributed by atoms with van der Waals surface area (Å²) in [5, 5.41) is 11.0. The topological polar surface area (TPSA) is 87.5 Å². The summed E-state index contributed by atoms with van der Waals surface area (Å²) >= 11 is 0. The standard InChI is InChI=1S/C19H20N4O4/c1-25-12-17-18(19(24)20-13-4-8-15(26-2)9-5-13)21-22-23(17)14-6-10-16(27-3)11-7-14/h4-11H,12H2,1-3H3,(H,20,24). The fourth-order valence-corrected chi connectivity index (χ4v) is 2.54. The summed E-state index contributed by atoms with van der Waals surface area (Å²) in [6.45, 7) is 0.185. The van der Waals surface area contributed by atoms with Gasteiger partial charge in [0.1, 0.15) is 17.2 Å². The first-order chi connectivity index (χ1) is 13.2. The van der Waals surface area contributed by atoms with Crippen LogP contribution in [-0.2, 0) is 11.3 Å². The Labute approximate surface area is 156 Å². The van der Waals surface area contributed by atoms with Gasteiger partial charge in [0.25, 0.3) is 5.91 Å². The van der Waals surface area contributed by atoms with Gasteiger partial charge in [-0.3, -0.25) is 4.79 Å². The van der Waals surface area contributed by atoms with Crippen molar-refractivity contribution in [2.75, 3.05) is 26.6 Å². The molecule has 0 bridgehead atoms. The number of nitrogens with zero attached hydrogens (tertiary/aromatic N) is 3. The molecule has 0 atom stereocenters. The van der Waals surface area contributed by atoms with Crippen LogP contribution < -0.4 is 14.8 Å². The highest BCUT2D eigenvalue weighted by Crippen LogP contribution is 2.20. The molecule has 3 aromatic rings. The minimum Gasteiger partial charge on any atom is -0.497 e. The predicted molar refractivity (Wildman–Crippen MR) is 99.6 cm³/mol. The lowest BCUT2D eigenvalue weighted by molar-refractivity contribution is 0.101. The van der Waals surface area contributed by atoms with Crippen molar-refractivity contribution in [1.82, 2.24) is 15.0 Å². The number of benzene rings is 2. The average Bonchev–Trinajstić information content (AvgIpc) is 3.13. The second-order valence-electron chi connectivity index (χ2n) is 5.61. The molecular weight excluding hydrogens is 348 g/mol. The van der Waals surface area contributed by atoms with Crippen LogP contribution in [0.25, 0.3) is 5.69 Å². The number of nitrogens with one attached hydrogen (secondary N) is 1. The monoisotopic (exact) mass is 368 g/mol. The molecule has 0 aliphatic heterocycles. The molecule has 1 amide bonds. The molecule has 0 unspecified atom stereocenters. The van der Waals surface area contributed by atoms with E-state index in [0.717, 1.165) is 11.4 Å². The van der Waals surface area contributed by atoms with Crippen LogP contribution in [-0.4, -0.2) is 42.2 Å². The molecule has 0 fully saturated rings. The van der Waals surface area contributed by atoms with Crippen LogP contribution >= 0.6 is 0 Å². The minimum absolute atomic E-state index is 0.185. The molecule has 0 aliphatic carbocycles. The van der Waals surface area contributed by atoms with Gasteiger partial charge in [-0.25, -0.2) is 4.68 Å². The molecule has 8 nitrogen and oxygen atoms in total. The van der Waals surface area contributed by atoms with E-state index < -0.39 is 0 Å². The third-order valence-corrected chi connectivity index (χ3v) is 3.92. The molecule has 3 rings (SSSR count). The Bertz CT molecular complexity index is 904. The summed E-state index contributed by atoms with van der Waals surface area (Å²) in [5.74, 6) is 1.06. The zero-order chi connectivity index (χ0) is 19.2. The maximum atomic E-state index is 12.7. The van der Waals surface area contributed by atoms with Crippen LogP contribution in [0.3, 0.4) is 0 Å². The maximum absolute atomic E-state index is 12.7. The molecule has 140 valence electrons. The average molecular weight is 368 g/mol. The molecular formula is C19H20N4O4. The number of amides is 1. The van der Waals surface area contributed by atoms with Gasteiger partial charge in [0.2, 0.25) is 0 Å². The van der Waals surface area contributed by atoms with E-state index in [4.69, 9.17) is 14.2 Å². The van der Waals surface area contributed by atoms with Crippen molar-refractivity contribution < 1.29 is 19.0 Å². The van der Waals surface area contributed by atoms with Crippen molar-refractivity contribution >= 4 is 11.6 Å². The Morgan fingerprint density at radius 2 is 1.56 bits per heavy atom. The zero-order valence-corrected chi connectivity index (χ0v) is 15.3. The Kier molecular flexibility index (Phi) is 5.68. The highest BCUT2D eigenvalue weighted by Gasteiger charge is 2.21. The second-order valence-corrected chi connectivity index (χ2v) is 5.61. The number of hydrogen-bond donors (Lipinski definition) is 1. The lowest BCUT2D eigenvalue weighted by atomic mass is 10.2. The van der Waals surface area contributed by atoms with Crippen molar-refractivity contribution in [1.29, 1.82) is 0 Å². The normalized spacial score (nSPS) is 10.5. The Hall–Kier alpha value is -3.39. The summed E-state index contributed by atoms with van der Waals surface area (Å²) in [6.07, 6.45) is 0. The molecule has 1 N–H and O–H groups in total. The predicted octanol–water partition coefficient (Wildman–Crippen LogP) is 2.68. The first-order valence-electron chi connectivity index (χ1n) is 8.19. The van der Waals surface area contributed by atoms with E-state index in [1.165, 1.54) is 0 Å². The van der Waals surface area contributed by atoms with Gasteiger partial charge in [0.15, 0.2) is 5.69 Å². The molecule has 0 aliphatic rings. The number of hydrogen-bond acceptors (Lipinski definition) is 6. The molecule has 0 radical (unpaired) electrons. The highest BCUT2D eigenvalue weighted by atomic mass is 16.5. The molecule has 0 saturated heterocycles. The first-order valence-corrected chi connectivity index (χ1v) is 8.19. The van der Waals surface area contributed by atoms with E-state index >= 15 is 0 Å². The van der Waals surface area contributed by atoms with E-state index in [2.05, 4.69) is 15.6 Å². The molecule has 27 heavy (non-hydrogen) atoms. The fraction of sp³-hybridized carbons (Fsp3) is 0.211. The fourth-order valence-electron chi connectivity index (χ4n) is 2.54. The second kappa shape index (κ2) is 8.33. The lowest BCUT2D eigenvalue weighted by Gasteiger charge is -2.09. The third kappa shape index (κ3) is 4.06. The molecule has 0 saturated carbocycles. The van der Waals surface area contributed by atoms with Gasteiger partial charge in [-0.15, -0.1) is 5.10 Å². The van der Waals surface area contributed by atoms with Gasteiger partial charge in [-0.1, -0.05) is 5.21 Å². The van der Waals surface area contributed by atoms with Gasteiger partial charge in [-0.2, -0.15) is 0 Å². The summed E-state index contributed by atoms with van der Waals surface area (Å²) in [5.41, 5.74) is 2.12. The lowest BCUT2D eigenvalue weighted by Crippen LogP contribution is -2.16. The van der Waals surface area contributed by atoms with Crippen LogP contribution in [0.4, 0.5) is 5.69 Å². The third-order valence-electron chi connectivity index (χ3n) is 3.92. The largest absolute Gasteiger partial charge is 0.497 e. The van der Waals surface area contributed by atoms with Gasteiger partial charge >= 0.3 is 0 Å². The van der Waals surface area contributed by atoms with E-state index in [1.54, 1.807) is 50.3 Å². The van der Waals surface area contributed by atoms with Crippen molar-refractivity contribution in [3.8, 4) is 17.2 Å². The highest BCUT2D eigenvalue weighted by molar-refractivity contribution is 6.03. The number of anilines is 1. The van der Waals surface area contributed by atoms with E-state index in [0.29, 0.717) is 17.1 Å². The number of ether oxygens (including phenoxy) is 3. The van der Waals surface area contributed by atoms with Gasteiger partial charge < -0.3 is 19.5 Å². The van der Waals surface area contributed by atoms with Crippen LogP contribution in [0.15, 0.2) is 48.5 Å². The van der Waals surface area contributed by atoms with Crippen LogP contribution in [0, 0.1) is 0 Å². The van der Waals surface area contributed by atoms with E-state index in [-0.39, 0.29) is 18.2 Å². The number of carbonyl (C=O) groups is 1. The smallest absolute Gasteiger partial charge is 0.278 e. The van der Waals surface area contributed by atoms with Crippen molar-refractivity contribution in [3.05, 3.63) is 59.9 Å². The van der Waals surface area contributed by atoms with Crippen LogP contribution in [0.5, 0.6) is 11.5 Å². The van der Waals surface area contributed by atoms with Crippen molar-refractivity contribution in [2.45, 2.75) is 6.61 Å². The Morgan fingerprint density at radius 1 is 0.963 bits per heavy atom. The van der Waals surface area contributed by atoms with Gasteiger partial charge in [0.05, 0.1) is 26.5 Å². The van der Waals surface area contributed by atoms with E-state index in [1.807, 2.05) is 24.3 Å². The summed E-state index contributed by atoms with van der Waals surface area (Å²) in [6, 6.07) is 14.3. The van der Waals surface area contributed by atoms with Crippen LogP contribution in [0.2, 0.25) is 0 Å². The maximum Gasteiger partial charge on any atom is 0.278 e. The first kappa shape index (κ1) is 18.4. The number of methoxy groups -OCH3 is 3. The molecule has 1 aromatic heterocycles. The number of carbonyl (C=O) groups excluding carboxylic acids is 1. The number of aromatic nitrogens is 3. The minimum atomic E-state index is -0.369. The Balaban J connectivity index is 1.87. The summed E-state index contributed by atoms with van der Waals surface area (Å²) < 4.78 is 17.1. The van der Waals surface area contributed by atoms with Crippen molar-refractivity contribution in [3.63, 3.8) is 0 Å².